The standard InChI is InChI=1S/C14H24N4.HI/c1-4-12-6-8-13(9-7-12)17-14(15)16-10-5-11-18(2)3;/h6-9H,4-5,10-11H2,1-3H3,(H3,15,16,17);1H. The van der Waals surface area contributed by atoms with E-state index in [9.17, 15) is 0 Å². The number of benzene rings is 1. The maximum Gasteiger partial charge on any atom is 0.193 e. The summed E-state index contributed by atoms with van der Waals surface area (Å²) in [4.78, 5) is 6.43. The van der Waals surface area contributed by atoms with E-state index in [-0.39, 0.29) is 24.0 Å². The highest BCUT2D eigenvalue weighted by Gasteiger charge is 1.95. The average Bonchev–Trinajstić information content (AvgIpc) is 2.35. The summed E-state index contributed by atoms with van der Waals surface area (Å²) in [5.74, 6) is 0.484. The lowest BCUT2D eigenvalue weighted by molar-refractivity contribution is 0.403. The number of hydrogen-bond donors (Lipinski definition) is 2. The minimum atomic E-state index is 0. The van der Waals surface area contributed by atoms with E-state index >= 15 is 0 Å². The largest absolute Gasteiger partial charge is 0.370 e. The van der Waals surface area contributed by atoms with Crippen LogP contribution in [-0.2, 0) is 6.42 Å². The SMILES string of the molecule is CCc1ccc(NC(N)=NCCCN(C)C)cc1.I. The van der Waals surface area contributed by atoms with Crippen molar-refractivity contribution in [2.24, 2.45) is 10.7 Å². The first kappa shape index (κ1) is 18.2. The Kier molecular flexibility index (Phi) is 9.59. The highest BCUT2D eigenvalue weighted by molar-refractivity contribution is 14.0. The lowest BCUT2D eigenvalue weighted by Gasteiger charge is -2.08. The predicted molar refractivity (Wildman–Crippen MR) is 94.5 cm³/mol. The molecule has 0 bridgehead atoms. The molecule has 0 aromatic heterocycles. The van der Waals surface area contributed by atoms with Gasteiger partial charge in [0, 0.05) is 12.2 Å². The van der Waals surface area contributed by atoms with Crippen LogP contribution in [0.4, 0.5) is 5.69 Å². The number of nitrogens with one attached hydrogen (secondary N) is 1. The molecule has 3 N–H and O–H groups in total. The average molecular weight is 376 g/mol. The molecule has 1 rings (SSSR count). The Bertz CT molecular complexity index is 374. The van der Waals surface area contributed by atoms with Gasteiger partial charge in [-0.15, -0.1) is 24.0 Å². The number of anilines is 1. The van der Waals surface area contributed by atoms with E-state index in [2.05, 4.69) is 48.4 Å². The van der Waals surface area contributed by atoms with Crippen LogP contribution in [0.1, 0.15) is 18.9 Å². The van der Waals surface area contributed by atoms with Crippen LogP contribution < -0.4 is 11.1 Å². The van der Waals surface area contributed by atoms with Gasteiger partial charge in [-0.1, -0.05) is 19.1 Å². The van der Waals surface area contributed by atoms with Crippen LogP contribution in [0.2, 0.25) is 0 Å². The fourth-order valence-electron chi connectivity index (χ4n) is 1.60. The summed E-state index contributed by atoms with van der Waals surface area (Å²) >= 11 is 0. The Labute approximate surface area is 133 Å². The monoisotopic (exact) mass is 376 g/mol. The van der Waals surface area contributed by atoms with Gasteiger partial charge in [-0.3, -0.25) is 4.99 Å². The topological polar surface area (TPSA) is 53.6 Å². The molecule has 0 unspecified atom stereocenters. The Morgan fingerprint density at radius 3 is 2.42 bits per heavy atom. The van der Waals surface area contributed by atoms with Crippen molar-refractivity contribution in [3.8, 4) is 0 Å². The van der Waals surface area contributed by atoms with Crippen molar-refractivity contribution in [1.82, 2.24) is 4.90 Å². The van der Waals surface area contributed by atoms with Gasteiger partial charge in [-0.05, 0) is 51.2 Å². The molecule has 5 heteroatoms. The lowest BCUT2D eigenvalue weighted by Crippen LogP contribution is -2.23. The highest BCUT2D eigenvalue weighted by atomic mass is 127. The molecule has 0 atom stereocenters. The molecule has 0 saturated carbocycles. The van der Waals surface area contributed by atoms with Crippen molar-refractivity contribution in [2.75, 3.05) is 32.5 Å². The first-order valence-corrected chi connectivity index (χ1v) is 6.42. The molecule has 0 aliphatic carbocycles. The van der Waals surface area contributed by atoms with Gasteiger partial charge in [0.1, 0.15) is 0 Å². The van der Waals surface area contributed by atoms with E-state index in [0.29, 0.717) is 5.96 Å². The zero-order chi connectivity index (χ0) is 13.4. The summed E-state index contributed by atoms with van der Waals surface area (Å²) in [5, 5.41) is 3.10. The summed E-state index contributed by atoms with van der Waals surface area (Å²) in [6, 6.07) is 8.26. The number of guanidine groups is 1. The van der Waals surface area contributed by atoms with Crippen LogP contribution in [-0.4, -0.2) is 38.0 Å². The van der Waals surface area contributed by atoms with Gasteiger partial charge in [0.2, 0.25) is 0 Å². The summed E-state index contributed by atoms with van der Waals surface area (Å²) in [6.45, 7) is 3.93. The quantitative estimate of drug-likeness (QED) is 0.347. The lowest BCUT2D eigenvalue weighted by atomic mass is 10.1. The van der Waals surface area contributed by atoms with Gasteiger partial charge in [-0.2, -0.15) is 0 Å². The van der Waals surface area contributed by atoms with Gasteiger partial charge < -0.3 is 16.0 Å². The summed E-state index contributed by atoms with van der Waals surface area (Å²) in [7, 11) is 4.11. The third-order valence-electron chi connectivity index (χ3n) is 2.68. The molecule has 108 valence electrons. The zero-order valence-electron chi connectivity index (χ0n) is 12.0. The van der Waals surface area contributed by atoms with Crippen LogP contribution >= 0.6 is 24.0 Å². The molecule has 0 aliphatic rings. The number of hydrogen-bond acceptors (Lipinski definition) is 2. The van der Waals surface area contributed by atoms with Gasteiger partial charge in [0.25, 0.3) is 0 Å². The smallest absolute Gasteiger partial charge is 0.193 e. The van der Waals surface area contributed by atoms with Crippen molar-refractivity contribution in [3.05, 3.63) is 29.8 Å². The molecule has 4 nitrogen and oxygen atoms in total. The van der Waals surface area contributed by atoms with Crippen molar-refractivity contribution in [2.45, 2.75) is 19.8 Å². The molecule has 0 spiro atoms. The molecule has 0 fully saturated rings. The Hall–Kier alpha value is -0.820. The fraction of sp³-hybridized carbons (Fsp3) is 0.500. The van der Waals surface area contributed by atoms with Gasteiger partial charge >= 0.3 is 0 Å². The molecular formula is C14H25IN4. The summed E-state index contributed by atoms with van der Waals surface area (Å²) in [5.41, 5.74) is 8.13. The van der Waals surface area contributed by atoms with Crippen LogP contribution in [0.15, 0.2) is 29.3 Å². The molecule has 0 aliphatic heterocycles. The minimum Gasteiger partial charge on any atom is -0.370 e. The van der Waals surface area contributed by atoms with Crippen LogP contribution in [0.3, 0.4) is 0 Å². The van der Waals surface area contributed by atoms with Crippen molar-refractivity contribution >= 4 is 35.6 Å². The van der Waals surface area contributed by atoms with Crippen LogP contribution in [0, 0.1) is 0 Å². The van der Waals surface area contributed by atoms with E-state index in [1.165, 1.54) is 5.56 Å². The molecule has 1 aromatic rings. The van der Waals surface area contributed by atoms with Gasteiger partial charge in [0.05, 0.1) is 0 Å². The van der Waals surface area contributed by atoms with Crippen molar-refractivity contribution < 1.29 is 0 Å². The number of halogens is 1. The maximum atomic E-state index is 5.82. The fourth-order valence-corrected chi connectivity index (χ4v) is 1.60. The number of aliphatic imine (C=N–C) groups is 1. The Morgan fingerprint density at radius 1 is 1.26 bits per heavy atom. The number of nitrogens with zero attached hydrogens (tertiary/aromatic N) is 2. The molecule has 0 heterocycles. The highest BCUT2D eigenvalue weighted by Crippen LogP contribution is 2.09. The van der Waals surface area contributed by atoms with Gasteiger partial charge in [-0.25, -0.2) is 0 Å². The first-order valence-electron chi connectivity index (χ1n) is 6.42. The van der Waals surface area contributed by atoms with E-state index < -0.39 is 0 Å². The third kappa shape index (κ3) is 8.05. The van der Waals surface area contributed by atoms with Crippen LogP contribution in [0.5, 0.6) is 0 Å². The minimum absolute atomic E-state index is 0. The van der Waals surface area contributed by atoms with E-state index in [0.717, 1.165) is 31.6 Å². The zero-order valence-corrected chi connectivity index (χ0v) is 14.3. The molecule has 19 heavy (non-hydrogen) atoms. The second-order valence-corrected chi connectivity index (χ2v) is 4.60. The number of nitrogens with two attached hydrogens (primary N) is 1. The second kappa shape index (κ2) is 10.0. The first-order chi connectivity index (χ1) is 8.61. The number of rotatable bonds is 6. The van der Waals surface area contributed by atoms with Gasteiger partial charge in [0.15, 0.2) is 5.96 Å². The Balaban J connectivity index is 0.00000324. The van der Waals surface area contributed by atoms with Crippen molar-refractivity contribution in [3.63, 3.8) is 0 Å². The van der Waals surface area contributed by atoms with Crippen molar-refractivity contribution in [1.29, 1.82) is 0 Å². The van der Waals surface area contributed by atoms with Crippen LogP contribution in [0.25, 0.3) is 0 Å². The predicted octanol–water partition coefficient (Wildman–Crippen LogP) is 2.55. The molecule has 0 radical (unpaired) electrons. The molecule has 0 saturated heterocycles. The summed E-state index contributed by atoms with van der Waals surface area (Å²) < 4.78 is 0. The molecular weight excluding hydrogens is 351 g/mol. The molecule has 1 aromatic carbocycles. The molecule has 0 amide bonds. The van der Waals surface area contributed by atoms with E-state index in [1.54, 1.807) is 0 Å². The normalized spacial score (nSPS) is 11.3. The third-order valence-corrected chi connectivity index (χ3v) is 2.68. The summed E-state index contributed by atoms with van der Waals surface area (Å²) in [6.07, 6.45) is 2.07. The Morgan fingerprint density at radius 2 is 1.89 bits per heavy atom. The maximum absolute atomic E-state index is 5.82. The van der Waals surface area contributed by atoms with E-state index in [4.69, 9.17) is 5.73 Å². The number of aryl methyl sites for hydroxylation is 1. The second-order valence-electron chi connectivity index (χ2n) is 4.60. The van der Waals surface area contributed by atoms with E-state index in [1.807, 2.05) is 12.1 Å².